The number of carbonyl (C=O) groups excluding carboxylic acids is 2. The number of imidazole rings is 1. The molecule has 3 atom stereocenters. The maximum atomic E-state index is 13.5. The van der Waals surface area contributed by atoms with Crippen LogP contribution in [0.15, 0.2) is 78.2 Å². The van der Waals surface area contributed by atoms with Gasteiger partial charge in [0.05, 0.1) is 37.6 Å². The molecule has 3 aromatic carbocycles. The van der Waals surface area contributed by atoms with Gasteiger partial charge in [-0.3, -0.25) is 9.52 Å². The Bertz CT molecular complexity index is 1800. The molecule has 0 spiro atoms. The van der Waals surface area contributed by atoms with E-state index in [9.17, 15) is 23.1 Å². The molecule has 0 aliphatic carbocycles. The van der Waals surface area contributed by atoms with Crippen molar-refractivity contribution < 1.29 is 27.9 Å². The van der Waals surface area contributed by atoms with Crippen molar-refractivity contribution in [3.63, 3.8) is 0 Å². The number of aliphatic hydroxyl groups is 1. The fourth-order valence-corrected chi connectivity index (χ4v) is 6.38. The Hall–Kier alpha value is -4.62. The molecular weight excluding hydrogens is 596 g/mol. The second-order valence-corrected chi connectivity index (χ2v) is 13.2. The van der Waals surface area contributed by atoms with E-state index in [1.807, 2.05) is 49.4 Å². The zero-order valence-corrected chi connectivity index (χ0v) is 26.5. The zero-order chi connectivity index (χ0) is 32.3. The first-order chi connectivity index (χ1) is 21.4. The highest BCUT2D eigenvalue weighted by atomic mass is 32.2. The number of carbonyl (C=O) groups is 2. The average Bonchev–Trinajstić information content (AvgIpc) is 3.48. The van der Waals surface area contributed by atoms with Gasteiger partial charge in [-0.25, -0.2) is 9.78 Å². The molecular formula is C32H38N6O6S. The molecule has 0 unspecified atom stereocenters. The van der Waals surface area contributed by atoms with Crippen LogP contribution in [0.25, 0.3) is 10.8 Å². The summed E-state index contributed by atoms with van der Waals surface area (Å²) in [5, 5.41) is 14.7. The van der Waals surface area contributed by atoms with Gasteiger partial charge in [0.1, 0.15) is 11.9 Å². The Balaban J connectivity index is 1.41. The van der Waals surface area contributed by atoms with Gasteiger partial charge in [0.25, 0.3) is 10.0 Å². The number of amides is 3. The second-order valence-electron chi connectivity index (χ2n) is 11.5. The molecule has 3 N–H and O–H groups in total. The minimum absolute atomic E-state index is 0.0737. The van der Waals surface area contributed by atoms with Crippen molar-refractivity contribution in [1.82, 2.24) is 19.4 Å². The summed E-state index contributed by atoms with van der Waals surface area (Å²) in [6.45, 7) is 3.96. The highest BCUT2D eigenvalue weighted by molar-refractivity contribution is 7.92. The van der Waals surface area contributed by atoms with Crippen molar-refractivity contribution in [3.8, 4) is 5.75 Å². The van der Waals surface area contributed by atoms with E-state index in [2.05, 4.69) is 15.0 Å². The van der Waals surface area contributed by atoms with Crippen molar-refractivity contribution >= 4 is 44.1 Å². The summed E-state index contributed by atoms with van der Waals surface area (Å²) in [5.41, 5.74) is 1.40. The van der Waals surface area contributed by atoms with Gasteiger partial charge in [0, 0.05) is 49.4 Å². The van der Waals surface area contributed by atoms with E-state index in [1.165, 1.54) is 22.0 Å². The van der Waals surface area contributed by atoms with Crippen LogP contribution in [0, 0.1) is 5.92 Å². The first-order valence-electron chi connectivity index (χ1n) is 14.7. The number of aryl methyl sites for hydroxylation is 1. The van der Waals surface area contributed by atoms with Gasteiger partial charge in [-0.1, -0.05) is 43.3 Å². The lowest BCUT2D eigenvalue weighted by atomic mass is 10.0. The molecule has 12 nitrogen and oxygen atoms in total. The number of nitrogens with zero attached hydrogens (tertiary/aromatic N) is 4. The Morgan fingerprint density at radius 2 is 1.93 bits per heavy atom. The normalized spacial score (nSPS) is 17.8. The highest BCUT2D eigenvalue weighted by Crippen LogP contribution is 2.30. The molecule has 238 valence electrons. The highest BCUT2D eigenvalue weighted by Gasteiger charge is 2.32. The fraction of sp³-hybridized carbons (Fsp3) is 0.344. The zero-order valence-electron chi connectivity index (χ0n) is 25.7. The van der Waals surface area contributed by atoms with Crippen molar-refractivity contribution in [2.75, 3.05) is 36.8 Å². The molecule has 1 aromatic heterocycles. The first-order valence-corrected chi connectivity index (χ1v) is 16.1. The maximum Gasteiger partial charge on any atom is 0.321 e. The Morgan fingerprint density at radius 3 is 2.67 bits per heavy atom. The first kappa shape index (κ1) is 31.8. The summed E-state index contributed by atoms with van der Waals surface area (Å²) in [6.07, 6.45) is 2.17. The number of likely N-dealkylation sites (N-methyl/N-ethyl adjacent to an activating group) is 1. The summed E-state index contributed by atoms with van der Waals surface area (Å²) in [4.78, 5) is 34.0. The third-order valence-corrected chi connectivity index (χ3v) is 9.22. The average molecular weight is 635 g/mol. The molecule has 0 bridgehead atoms. The summed E-state index contributed by atoms with van der Waals surface area (Å²) in [7, 11) is -0.621. The molecule has 0 radical (unpaired) electrons. The van der Waals surface area contributed by atoms with E-state index in [4.69, 9.17) is 4.74 Å². The smallest absolute Gasteiger partial charge is 0.321 e. The van der Waals surface area contributed by atoms with E-state index in [1.54, 1.807) is 44.1 Å². The number of fused-ring (bicyclic) bond motifs is 2. The molecule has 2 heterocycles. The molecule has 0 fully saturated rings. The van der Waals surface area contributed by atoms with Gasteiger partial charge in [-0.05, 0) is 36.6 Å². The molecule has 0 saturated carbocycles. The standard InChI is InChI=1S/C32H38N6O6S/c1-21-16-38(22(2)19-39)31(40)15-24-14-25(35-45(42,43)30-18-36(3)20-33-30)12-13-28(24)44-29(21)17-37(4)32(41)34-27-11-7-9-23-8-5-6-10-26(23)27/h5-14,18,20-22,29,35,39H,15-17,19H2,1-4H3,(H,34,41)/t21-,22+,29+/m1/s1. The lowest BCUT2D eigenvalue weighted by Gasteiger charge is -2.34. The van der Waals surface area contributed by atoms with E-state index >= 15 is 0 Å². The maximum absolute atomic E-state index is 13.5. The van der Waals surface area contributed by atoms with Gasteiger partial charge < -0.3 is 29.5 Å². The van der Waals surface area contributed by atoms with E-state index in [0.29, 0.717) is 17.0 Å². The van der Waals surface area contributed by atoms with Crippen LogP contribution in [0.5, 0.6) is 5.75 Å². The monoisotopic (exact) mass is 634 g/mol. The number of sulfonamides is 1. The van der Waals surface area contributed by atoms with Crippen LogP contribution >= 0.6 is 0 Å². The topological polar surface area (TPSA) is 146 Å². The molecule has 0 saturated heterocycles. The fourth-order valence-electron chi connectivity index (χ4n) is 5.34. The van der Waals surface area contributed by atoms with Crippen LogP contribution in [0.2, 0.25) is 0 Å². The van der Waals surface area contributed by atoms with Crippen LogP contribution in [0.4, 0.5) is 16.2 Å². The Kier molecular flexibility index (Phi) is 9.30. The van der Waals surface area contributed by atoms with Gasteiger partial charge in [-0.2, -0.15) is 8.42 Å². The molecule has 45 heavy (non-hydrogen) atoms. The third-order valence-electron chi connectivity index (χ3n) is 7.96. The lowest BCUT2D eigenvalue weighted by molar-refractivity contribution is -0.134. The van der Waals surface area contributed by atoms with Crippen LogP contribution in [0.3, 0.4) is 0 Å². The number of anilines is 2. The molecule has 13 heteroatoms. The Labute approximate surface area is 262 Å². The van der Waals surface area contributed by atoms with Crippen molar-refractivity contribution in [3.05, 3.63) is 78.8 Å². The minimum atomic E-state index is -3.97. The third kappa shape index (κ3) is 7.21. The number of benzene rings is 3. The van der Waals surface area contributed by atoms with Crippen molar-refractivity contribution in [2.24, 2.45) is 13.0 Å². The number of hydrogen-bond acceptors (Lipinski definition) is 7. The SMILES string of the molecule is C[C@@H]1CN([C@@H](C)CO)C(=O)Cc2cc(NS(=O)(=O)c3cn(C)cn3)ccc2O[C@H]1CN(C)C(=O)Nc1cccc2ccccc12. The summed E-state index contributed by atoms with van der Waals surface area (Å²) >= 11 is 0. The molecule has 1 aliphatic rings. The largest absolute Gasteiger partial charge is 0.488 e. The number of ether oxygens (including phenoxy) is 1. The van der Waals surface area contributed by atoms with Gasteiger partial charge >= 0.3 is 6.03 Å². The summed E-state index contributed by atoms with van der Waals surface area (Å²) in [6, 6.07) is 17.5. The second kappa shape index (κ2) is 13.2. The summed E-state index contributed by atoms with van der Waals surface area (Å²) in [5.74, 6) is -0.0629. The number of urea groups is 1. The molecule has 5 rings (SSSR count). The number of rotatable bonds is 8. The number of hydrogen-bond donors (Lipinski definition) is 3. The number of nitrogens with one attached hydrogen (secondary N) is 2. The predicted octanol–water partition coefficient (Wildman–Crippen LogP) is 3.69. The van der Waals surface area contributed by atoms with Crippen LogP contribution in [-0.4, -0.2) is 83.7 Å². The molecule has 3 amide bonds. The van der Waals surface area contributed by atoms with Crippen LogP contribution in [0.1, 0.15) is 19.4 Å². The van der Waals surface area contributed by atoms with E-state index in [-0.39, 0.29) is 54.7 Å². The molecule has 1 aliphatic heterocycles. The van der Waals surface area contributed by atoms with Gasteiger partial charge in [0.2, 0.25) is 5.91 Å². The van der Waals surface area contributed by atoms with Crippen molar-refractivity contribution in [1.29, 1.82) is 0 Å². The number of aromatic nitrogens is 2. The minimum Gasteiger partial charge on any atom is -0.488 e. The van der Waals surface area contributed by atoms with Gasteiger partial charge in [-0.15, -0.1) is 0 Å². The van der Waals surface area contributed by atoms with Crippen LogP contribution < -0.4 is 14.8 Å². The lowest BCUT2D eigenvalue weighted by Crippen LogP contribution is -2.48. The number of aliphatic hydroxyl groups excluding tert-OH is 1. The van der Waals surface area contributed by atoms with Crippen molar-refractivity contribution in [2.45, 2.75) is 37.4 Å². The van der Waals surface area contributed by atoms with Crippen LogP contribution in [-0.2, 0) is 28.3 Å². The Morgan fingerprint density at radius 1 is 1.18 bits per heavy atom. The quantitative estimate of drug-likeness (QED) is 0.268. The predicted molar refractivity (Wildman–Crippen MR) is 172 cm³/mol. The van der Waals surface area contributed by atoms with Gasteiger partial charge in [0.15, 0.2) is 5.03 Å². The molecule has 4 aromatic rings. The van der Waals surface area contributed by atoms with E-state index in [0.717, 1.165) is 10.8 Å². The summed E-state index contributed by atoms with van der Waals surface area (Å²) < 4.78 is 36.4. The van der Waals surface area contributed by atoms with E-state index < -0.39 is 22.2 Å².